The lowest BCUT2D eigenvalue weighted by atomic mass is 9.88. The zero-order valence-corrected chi connectivity index (χ0v) is 7.27. The number of rotatable bonds is 3. The summed E-state index contributed by atoms with van der Waals surface area (Å²) in [6, 6.07) is 2.41. The fraction of sp³-hybridized carbons (Fsp3) is 0.700. The maximum absolute atomic E-state index is 8.97. The quantitative estimate of drug-likeness (QED) is 0.501. The van der Waals surface area contributed by atoms with E-state index in [0.717, 1.165) is 19.4 Å². The summed E-state index contributed by atoms with van der Waals surface area (Å²) < 4.78 is 0. The third-order valence-electron chi connectivity index (χ3n) is 2.49. The summed E-state index contributed by atoms with van der Waals surface area (Å²) in [4.78, 5) is 0. The Labute approximate surface area is 74.0 Å². The van der Waals surface area contributed by atoms with Crippen molar-refractivity contribution in [1.29, 1.82) is 5.26 Å². The van der Waals surface area contributed by atoms with Crippen LogP contribution in [0.25, 0.3) is 0 Å². The molecule has 0 bridgehead atoms. The van der Waals surface area contributed by atoms with Crippen LogP contribution in [-0.4, -0.2) is 13.1 Å². The van der Waals surface area contributed by atoms with Gasteiger partial charge < -0.3 is 5.32 Å². The number of nitrogens with one attached hydrogen (secondary N) is 1. The molecular formula is C10H14N2. The Morgan fingerprint density at radius 2 is 2.08 bits per heavy atom. The molecule has 0 aromatic carbocycles. The zero-order valence-electron chi connectivity index (χ0n) is 7.27. The molecule has 64 valence electrons. The number of nitriles is 1. The van der Waals surface area contributed by atoms with Crippen molar-refractivity contribution in [2.24, 2.45) is 5.41 Å². The van der Waals surface area contributed by atoms with Gasteiger partial charge in [0, 0.05) is 6.54 Å². The van der Waals surface area contributed by atoms with Crippen LogP contribution < -0.4 is 5.32 Å². The lowest BCUT2D eigenvalue weighted by Crippen LogP contribution is -2.30. The molecule has 1 rings (SSSR count). The molecular weight excluding hydrogens is 148 g/mol. The third-order valence-corrected chi connectivity index (χ3v) is 2.49. The van der Waals surface area contributed by atoms with Crippen LogP contribution in [0.4, 0.5) is 0 Å². The summed E-state index contributed by atoms with van der Waals surface area (Å²) >= 11 is 0. The Kier molecular flexibility index (Phi) is 3.14. The molecule has 1 fully saturated rings. The van der Waals surface area contributed by atoms with Crippen molar-refractivity contribution in [1.82, 2.24) is 5.32 Å². The van der Waals surface area contributed by atoms with Crippen LogP contribution in [-0.2, 0) is 0 Å². The van der Waals surface area contributed by atoms with Gasteiger partial charge in [0.25, 0.3) is 0 Å². The molecule has 0 aromatic rings. The SMILES string of the molecule is C#CCNCC1(C#N)CCCC1. The topological polar surface area (TPSA) is 35.8 Å². The first kappa shape index (κ1) is 9.10. The highest BCUT2D eigenvalue weighted by Crippen LogP contribution is 2.36. The largest absolute Gasteiger partial charge is 0.305 e. The minimum absolute atomic E-state index is 0.114. The van der Waals surface area contributed by atoms with Crippen LogP contribution in [0.3, 0.4) is 0 Å². The highest BCUT2D eigenvalue weighted by molar-refractivity contribution is 5.04. The molecule has 1 aliphatic rings. The molecule has 1 aliphatic carbocycles. The maximum Gasteiger partial charge on any atom is 0.0703 e. The van der Waals surface area contributed by atoms with Crippen molar-refractivity contribution in [2.75, 3.05) is 13.1 Å². The second-order valence-electron chi connectivity index (χ2n) is 3.41. The summed E-state index contributed by atoms with van der Waals surface area (Å²) in [7, 11) is 0. The summed E-state index contributed by atoms with van der Waals surface area (Å²) in [6.07, 6.45) is 9.53. The minimum Gasteiger partial charge on any atom is -0.305 e. The Morgan fingerprint density at radius 3 is 2.58 bits per heavy atom. The van der Waals surface area contributed by atoms with Gasteiger partial charge in [0.2, 0.25) is 0 Å². The second-order valence-corrected chi connectivity index (χ2v) is 3.41. The van der Waals surface area contributed by atoms with E-state index in [4.69, 9.17) is 11.7 Å². The van der Waals surface area contributed by atoms with Crippen molar-refractivity contribution in [3.8, 4) is 18.4 Å². The van der Waals surface area contributed by atoms with Crippen molar-refractivity contribution >= 4 is 0 Å². The number of hydrogen-bond acceptors (Lipinski definition) is 2. The smallest absolute Gasteiger partial charge is 0.0703 e. The van der Waals surface area contributed by atoms with Gasteiger partial charge in [-0.1, -0.05) is 18.8 Å². The number of hydrogen-bond donors (Lipinski definition) is 1. The predicted octanol–water partition coefficient (Wildman–Crippen LogP) is 1.29. The fourth-order valence-electron chi connectivity index (χ4n) is 1.75. The average Bonchev–Trinajstić information content (AvgIpc) is 2.55. The molecule has 0 spiro atoms. The summed E-state index contributed by atoms with van der Waals surface area (Å²) in [5.74, 6) is 2.51. The molecule has 1 saturated carbocycles. The molecule has 0 saturated heterocycles. The summed E-state index contributed by atoms with van der Waals surface area (Å²) in [6.45, 7) is 1.33. The molecule has 2 heteroatoms. The van der Waals surface area contributed by atoms with E-state index < -0.39 is 0 Å². The molecule has 0 amide bonds. The molecule has 12 heavy (non-hydrogen) atoms. The first-order valence-corrected chi connectivity index (χ1v) is 4.38. The molecule has 0 radical (unpaired) electrons. The average molecular weight is 162 g/mol. The van der Waals surface area contributed by atoms with E-state index in [2.05, 4.69) is 17.3 Å². The lowest BCUT2D eigenvalue weighted by Gasteiger charge is -2.19. The van der Waals surface area contributed by atoms with Crippen LogP contribution in [0.5, 0.6) is 0 Å². The standard InChI is InChI=1S/C10H14N2/c1-2-7-12-9-10(8-11)5-3-4-6-10/h1,12H,3-7,9H2. The Morgan fingerprint density at radius 1 is 1.42 bits per heavy atom. The predicted molar refractivity (Wildman–Crippen MR) is 48.2 cm³/mol. The van der Waals surface area contributed by atoms with Gasteiger partial charge in [-0.3, -0.25) is 0 Å². The van der Waals surface area contributed by atoms with Gasteiger partial charge in [-0.25, -0.2) is 0 Å². The van der Waals surface area contributed by atoms with Crippen LogP contribution in [0.2, 0.25) is 0 Å². The van der Waals surface area contributed by atoms with E-state index in [-0.39, 0.29) is 5.41 Å². The van der Waals surface area contributed by atoms with Crippen LogP contribution in [0.1, 0.15) is 25.7 Å². The van der Waals surface area contributed by atoms with Gasteiger partial charge in [0.15, 0.2) is 0 Å². The van der Waals surface area contributed by atoms with Crippen LogP contribution in [0.15, 0.2) is 0 Å². The van der Waals surface area contributed by atoms with Crippen LogP contribution >= 0.6 is 0 Å². The Balaban J connectivity index is 2.36. The Hall–Kier alpha value is -0.990. The van der Waals surface area contributed by atoms with Gasteiger partial charge in [0.1, 0.15) is 0 Å². The van der Waals surface area contributed by atoms with E-state index >= 15 is 0 Å². The monoisotopic (exact) mass is 162 g/mol. The lowest BCUT2D eigenvalue weighted by molar-refractivity contribution is 0.388. The molecule has 1 N–H and O–H groups in total. The normalized spacial score (nSPS) is 19.8. The van der Waals surface area contributed by atoms with Gasteiger partial charge in [-0.15, -0.1) is 6.42 Å². The Bertz CT molecular complexity index is 213. The highest BCUT2D eigenvalue weighted by Gasteiger charge is 2.33. The molecule has 0 atom stereocenters. The van der Waals surface area contributed by atoms with Gasteiger partial charge in [-0.2, -0.15) is 5.26 Å². The second kappa shape index (κ2) is 4.14. The van der Waals surface area contributed by atoms with E-state index in [9.17, 15) is 0 Å². The van der Waals surface area contributed by atoms with E-state index in [1.54, 1.807) is 0 Å². The van der Waals surface area contributed by atoms with E-state index in [1.807, 2.05) is 0 Å². The third kappa shape index (κ3) is 2.00. The molecule has 0 unspecified atom stereocenters. The van der Waals surface area contributed by atoms with Gasteiger partial charge >= 0.3 is 0 Å². The first-order chi connectivity index (χ1) is 5.83. The fourth-order valence-corrected chi connectivity index (χ4v) is 1.75. The molecule has 0 aliphatic heterocycles. The van der Waals surface area contributed by atoms with E-state index in [0.29, 0.717) is 6.54 Å². The molecule has 2 nitrogen and oxygen atoms in total. The van der Waals surface area contributed by atoms with Gasteiger partial charge in [0.05, 0.1) is 18.0 Å². The van der Waals surface area contributed by atoms with Crippen LogP contribution in [0, 0.1) is 29.1 Å². The van der Waals surface area contributed by atoms with Crippen molar-refractivity contribution in [3.63, 3.8) is 0 Å². The van der Waals surface area contributed by atoms with Gasteiger partial charge in [-0.05, 0) is 12.8 Å². The zero-order chi connectivity index (χ0) is 8.86. The first-order valence-electron chi connectivity index (χ1n) is 4.38. The summed E-state index contributed by atoms with van der Waals surface area (Å²) in [5.41, 5.74) is -0.114. The minimum atomic E-state index is -0.114. The van der Waals surface area contributed by atoms with Crippen molar-refractivity contribution in [2.45, 2.75) is 25.7 Å². The highest BCUT2D eigenvalue weighted by atomic mass is 14.9. The van der Waals surface area contributed by atoms with Crippen molar-refractivity contribution < 1.29 is 0 Å². The number of nitrogens with zero attached hydrogens (tertiary/aromatic N) is 1. The van der Waals surface area contributed by atoms with Crippen molar-refractivity contribution in [3.05, 3.63) is 0 Å². The molecule has 0 aromatic heterocycles. The summed E-state index contributed by atoms with van der Waals surface area (Å²) in [5, 5.41) is 12.1. The maximum atomic E-state index is 8.97. The van der Waals surface area contributed by atoms with E-state index in [1.165, 1.54) is 12.8 Å². The molecule has 0 heterocycles. The number of terminal acetylenes is 1.